The molecule has 558 valence electrons. The van der Waals surface area contributed by atoms with Crippen LogP contribution in [0.5, 0.6) is 0 Å². The van der Waals surface area contributed by atoms with Gasteiger partial charge in [-0.05, 0) is 44.9 Å². The SMILES string of the molecule is CC(=O)N[C@@H]1[C@@H](O)[C@@H](O)[C@@H](CO)C[C@H]1OCCOCCOCCOCC(=O)NCCCC[C@H](NC(=O)COCCOCCOCCO[C@@H]1O[C@H](CO)[C@H](O)[C@H](O)[C@H]1NC(C)=O)C(=O)N[C@@H](CCCCNC(=O)COCCOCCOCCO[C@H]1C[C@@H](O)[C@@H](O)[C@@H](CO)O1)C(=O)O. The van der Waals surface area contributed by atoms with E-state index in [4.69, 9.17) is 66.3 Å². The van der Waals surface area contributed by atoms with E-state index in [1.54, 1.807) is 0 Å². The number of carboxylic acids is 1. The third kappa shape index (κ3) is 35.9. The monoisotopic (exact) mass is 1390 g/mol. The average Bonchev–Trinajstić information content (AvgIpc) is 0.854. The van der Waals surface area contributed by atoms with Crippen LogP contribution in [-0.2, 0) is 99.9 Å². The minimum absolute atomic E-state index is 0.0117. The van der Waals surface area contributed by atoms with Crippen LogP contribution in [0, 0.1) is 5.92 Å². The lowest BCUT2D eigenvalue weighted by Gasteiger charge is -2.42. The Morgan fingerprint density at radius 2 is 0.865 bits per heavy atom. The molecule has 0 aromatic carbocycles. The molecule has 2 heterocycles. The van der Waals surface area contributed by atoms with Crippen molar-refractivity contribution in [3.05, 3.63) is 0 Å². The molecule has 0 aromatic heterocycles. The molecule has 3 fully saturated rings. The van der Waals surface area contributed by atoms with Gasteiger partial charge in [0.2, 0.25) is 35.4 Å². The zero-order chi connectivity index (χ0) is 70.5. The maximum Gasteiger partial charge on any atom is 0.326 e. The van der Waals surface area contributed by atoms with E-state index in [1.165, 1.54) is 13.8 Å². The molecular weight excluding hydrogens is 1290 g/mol. The molecule has 6 amide bonds. The van der Waals surface area contributed by atoms with Crippen molar-refractivity contribution in [3.8, 4) is 0 Å². The molecule has 0 aromatic rings. The number of amides is 6. The molecule has 0 radical (unpaired) electrons. The Kier molecular flexibility index (Phi) is 45.9. The number of carbonyl (C=O) groups is 7. The van der Waals surface area contributed by atoms with Gasteiger partial charge in [-0.15, -0.1) is 0 Å². The minimum Gasteiger partial charge on any atom is -0.480 e. The number of hydrogen-bond donors (Lipinski definition) is 16. The number of aliphatic hydroxyl groups excluding tert-OH is 9. The Hall–Kier alpha value is -4.63. The van der Waals surface area contributed by atoms with Crippen LogP contribution in [0.25, 0.3) is 0 Å². The number of aliphatic carboxylic acids is 1. The molecule has 1 aliphatic carbocycles. The van der Waals surface area contributed by atoms with Crippen LogP contribution >= 0.6 is 0 Å². The van der Waals surface area contributed by atoms with Gasteiger partial charge in [-0.3, -0.25) is 28.8 Å². The first-order valence-electron chi connectivity index (χ1n) is 32.4. The Bertz CT molecular complexity index is 2150. The average molecular weight is 1400 g/mol. The van der Waals surface area contributed by atoms with Crippen LogP contribution in [0.1, 0.15) is 65.2 Å². The van der Waals surface area contributed by atoms with Crippen LogP contribution in [0.4, 0.5) is 0 Å². The van der Waals surface area contributed by atoms with Gasteiger partial charge in [0.25, 0.3) is 0 Å². The van der Waals surface area contributed by atoms with E-state index in [9.17, 15) is 84.6 Å². The van der Waals surface area contributed by atoms with Gasteiger partial charge in [0, 0.05) is 45.9 Å². The van der Waals surface area contributed by atoms with E-state index in [2.05, 4.69) is 31.9 Å². The van der Waals surface area contributed by atoms with Crippen molar-refractivity contribution in [3.63, 3.8) is 0 Å². The second-order valence-electron chi connectivity index (χ2n) is 22.6. The number of rotatable bonds is 55. The molecule has 1 saturated carbocycles. The van der Waals surface area contributed by atoms with Crippen LogP contribution in [0.3, 0.4) is 0 Å². The van der Waals surface area contributed by atoms with Crippen molar-refractivity contribution in [2.75, 3.05) is 172 Å². The van der Waals surface area contributed by atoms with Crippen molar-refractivity contribution < 1.29 is 151 Å². The second-order valence-corrected chi connectivity index (χ2v) is 22.6. The Balaban J connectivity index is 1.33. The van der Waals surface area contributed by atoms with Gasteiger partial charge in [0.15, 0.2) is 12.6 Å². The lowest BCUT2D eigenvalue weighted by Crippen LogP contribution is -2.64. The number of aliphatic hydroxyl groups is 9. The molecule has 0 unspecified atom stereocenters. The van der Waals surface area contributed by atoms with E-state index >= 15 is 0 Å². The number of carbonyl (C=O) groups excluding carboxylic acids is 6. The molecule has 2 aliphatic heterocycles. The largest absolute Gasteiger partial charge is 0.480 e. The summed E-state index contributed by atoms with van der Waals surface area (Å²) in [6.07, 6.45) is -10.9. The van der Waals surface area contributed by atoms with Gasteiger partial charge in [-0.1, -0.05) is 0 Å². The molecule has 0 bridgehead atoms. The zero-order valence-electron chi connectivity index (χ0n) is 54.8. The lowest BCUT2D eigenvalue weighted by molar-refractivity contribution is -0.272. The maximum absolute atomic E-state index is 13.6. The lowest BCUT2D eigenvalue weighted by atomic mass is 9.79. The number of ether oxygens (including phenoxy) is 14. The highest BCUT2D eigenvalue weighted by Crippen LogP contribution is 2.28. The van der Waals surface area contributed by atoms with Crippen molar-refractivity contribution >= 4 is 41.4 Å². The smallest absolute Gasteiger partial charge is 0.326 e. The first-order chi connectivity index (χ1) is 46.2. The molecule has 37 heteroatoms. The van der Waals surface area contributed by atoms with Gasteiger partial charge in [-0.2, -0.15) is 0 Å². The topological polar surface area (TPSA) is 523 Å². The highest BCUT2D eigenvalue weighted by molar-refractivity contribution is 5.90. The fourth-order valence-electron chi connectivity index (χ4n) is 9.92. The van der Waals surface area contributed by atoms with E-state index < -0.39 is 159 Å². The van der Waals surface area contributed by atoms with E-state index in [0.29, 0.717) is 19.3 Å². The first-order valence-corrected chi connectivity index (χ1v) is 32.4. The molecule has 16 N–H and O–H groups in total. The van der Waals surface area contributed by atoms with Crippen molar-refractivity contribution in [2.45, 2.75) is 157 Å². The molecular formula is C59H106N6O31. The number of carboxylic acid groups (broad SMARTS) is 1. The summed E-state index contributed by atoms with van der Waals surface area (Å²) in [6, 6.07) is -4.52. The van der Waals surface area contributed by atoms with Crippen molar-refractivity contribution in [1.82, 2.24) is 31.9 Å². The van der Waals surface area contributed by atoms with E-state index in [1.807, 2.05) is 0 Å². The number of nitrogens with one attached hydrogen (secondary N) is 6. The molecule has 3 rings (SSSR count). The number of hydrogen-bond acceptors (Lipinski definition) is 30. The Labute approximate surface area is 557 Å². The predicted molar refractivity (Wildman–Crippen MR) is 327 cm³/mol. The third-order valence-corrected chi connectivity index (χ3v) is 15.0. The minimum atomic E-state index is -1.46. The summed E-state index contributed by atoms with van der Waals surface area (Å²) in [5.74, 6) is -5.15. The van der Waals surface area contributed by atoms with Gasteiger partial charge in [0.1, 0.15) is 74.6 Å². The van der Waals surface area contributed by atoms with Crippen LogP contribution < -0.4 is 31.9 Å². The summed E-state index contributed by atoms with van der Waals surface area (Å²) in [7, 11) is 0. The normalized spacial score (nSPS) is 25.7. The standard InChI is InChI=1S/C59H106N6O31/c1-37(69)62-50-43(29-39(31-66)52(75)55(50)78)92-26-23-86-14-11-83-17-20-89-34-46(72)60-9-5-3-7-40(64-48(74)36-91-22-19-85-13-16-88-25-28-94-59-51(63-38(2)70)56(79)54(77)45(33-68)96-59)57(80)65-41(58(81)82)8-4-6-10-61-47(73)35-90-21-18-84-12-15-87-24-27-93-49-30-42(71)53(76)44(32-67)95-49/h39-45,49-56,59,66-68,71,75-79H,3-36H2,1-2H3,(H,60,72)(H,61,73)(H,62,69)(H,63,70)(H,64,74)(H,65,80)(H,81,82)/t39-,40+,41+,42-,43-,44-,45-,49-,50+,51-,52+,53-,54+,55-,56-,59-/m1/s1. The zero-order valence-corrected chi connectivity index (χ0v) is 54.8. The van der Waals surface area contributed by atoms with Gasteiger partial charge >= 0.3 is 5.97 Å². The summed E-state index contributed by atoms with van der Waals surface area (Å²) >= 11 is 0. The van der Waals surface area contributed by atoms with Crippen LogP contribution in [-0.4, -0.2) is 356 Å². The van der Waals surface area contributed by atoms with Crippen LogP contribution in [0.15, 0.2) is 0 Å². The first kappa shape index (κ1) is 85.6. The molecule has 37 nitrogen and oxygen atoms in total. The fraction of sp³-hybridized carbons (Fsp3) is 0.881. The highest BCUT2D eigenvalue weighted by atomic mass is 16.7. The van der Waals surface area contributed by atoms with Gasteiger partial charge in [-0.25, -0.2) is 4.79 Å². The fourth-order valence-corrected chi connectivity index (χ4v) is 9.92. The Morgan fingerprint density at radius 1 is 0.438 bits per heavy atom. The summed E-state index contributed by atoms with van der Waals surface area (Å²) in [6.45, 7) is 2.73. The summed E-state index contributed by atoms with van der Waals surface area (Å²) < 4.78 is 76.8. The predicted octanol–water partition coefficient (Wildman–Crippen LogP) is -7.81. The Morgan fingerprint density at radius 3 is 1.34 bits per heavy atom. The van der Waals surface area contributed by atoms with E-state index in [-0.39, 0.29) is 184 Å². The van der Waals surface area contributed by atoms with Gasteiger partial charge in [0.05, 0.1) is 156 Å². The summed E-state index contributed by atoms with van der Waals surface area (Å²) in [5, 5.41) is 115. The molecule has 2 saturated heterocycles. The molecule has 0 spiro atoms. The van der Waals surface area contributed by atoms with Gasteiger partial charge < -0.3 is 149 Å². The third-order valence-electron chi connectivity index (χ3n) is 15.0. The quantitative estimate of drug-likeness (QED) is 0.0252. The van der Waals surface area contributed by atoms with Crippen molar-refractivity contribution in [1.29, 1.82) is 0 Å². The highest BCUT2D eigenvalue weighted by Gasteiger charge is 2.46. The van der Waals surface area contributed by atoms with E-state index in [0.717, 1.165) is 0 Å². The second kappa shape index (κ2) is 51.5. The van der Waals surface area contributed by atoms with Crippen molar-refractivity contribution in [2.24, 2.45) is 5.92 Å². The van der Waals surface area contributed by atoms with Crippen LogP contribution in [0.2, 0.25) is 0 Å². The molecule has 96 heavy (non-hydrogen) atoms. The molecule has 16 atom stereocenters. The molecule has 3 aliphatic rings. The summed E-state index contributed by atoms with van der Waals surface area (Å²) in [4.78, 5) is 87.1. The number of unbranched alkanes of at least 4 members (excludes halogenated alkanes) is 2. The maximum atomic E-state index is 13.6. The summed E-state index contributed by atoms with van der Waals surface area (Å²) in [5.41, 5.74) is 0.